The molecule has 17 heteroatoms. The zero-order valence-corrected chi connectivity index (χ0v) is 38.8. The van der Waals surface area contributed by atoms with E-state index in [-0.39, 0.29) is 44.2 Å². The summed E-state index contributed by atoms with van der Waals surface area (Å²) in [6.07, 6.45) is -0.906. The zero-order valence-electron chi connectivity index (χ0n) is 37.2. The van der Waals surface area contributed by atoms with Crippen molar-refractivity contribution in [3.8, 4) is 5.75 Å². The van der Waals surface area contributed by atoms with Crippen molar-refractivity contribution < 1.29 is 66.2 Å². The van der Waals surface area contributed by atoms with Gasteiger partial charge in [-0.1, -0.05) is 133 Å². The van der Waals surface area contributed by atoms with Crippen LogP contribution in [0.1, 0.15) is 41.7 Å². The van der Waals surface area contributed by atoms with Gasteiger partial charge in [-0.05, 0) is 53.8 Å². The average Bonchev–Trinajstić information content (AvgIpc) is 3.33. The van der Waals surface area contributed by atoms with Crippen LogP contribution in [0, 0.1) is 0 Å². The van der Waals surface area contributed by atoms with Gasteiger partial charge in [-0.15, -0.1) is 11.8 Å². The first kappa shape index (κ1) is 52.7. The van der Waals surface area contributed by atoms with Crippen molar-refractivity contribution in [1.82, 2.24) is 21.3 Å². The fourth-order valence-electron chi connectivity index (χ4n) is 6.49. The monoisotopic (exact) mass is 953 g/mol. The van der Waals surface area contributed by atoms with Gasteiger partial charge < -0.3 is 58.7 Å². The summed E-state index contributed by atoms with van der Waals surface area (Å²) in [6, 6.07) is 38.8. The minimum absolute atomic E-state index is 0. The minimum Gasteiger partial charge on any atom is -1.00 e. The number of thioether (sulfide) groups is 1. The lowest BCUT2D eigenvalue weighted by atomic mass is 10.00. The molecule has 67 heavy (non-hydrogen) atoms. The van der Waals surface area contributed by atoms with Crippen molar-refractivity contribution in [2.24, 2.45) is 0 Å². The number of quaternary nitrogens is 1. The highest BCUT2D eigenvalue weighted by atomic mass is 35.5. The number of halogens is 1. The van der Waals surface area contributed by atoms with Gasteiger partial charge in [0.05, 0.1) is 12.3 Å². The Morgan fingerprint density at radius 2 is 1.07 bits per heavy atom. The van der Waals surface area contributed by atoms with Crippen LogP contribution in [-0.4, -0.2) is 82.1 Å². The molecule has 0 fully saturated rings. The number of carbonyl (C=O) groups is 6. The van der Waals surface area contributed by atoms with E-state index in [1.54, 1.807) is 92.7 Å². The molecule has 354 valence electrons. The molecule has 0 unspecified atom stereocenters. The predicted octanol–water partition coefficient (Wildman–Crippen LogP) is 1.39. The summed E-state index contributed by atoms with van der Waals surface area (Å²) in [5.74, 6) is -3.49. The van der Waals surface area contributed by atoms with Crippen LogP contribution >= 0.6 is 11.8 Å². The predicted molar refractivity (Wildman–Crippen MR) is 249 cm³/mol. The third-order valence-electron chi connectivity index (χ3n) is 10.2. The van der Waals surface area contributed by atoms with E-state index in [9.17, 15) is 33.9 Å². The number of ether oxygens (including phenoxy) is 3. The molecule has 0 aliphatic carbocycles. The standard InChI is InChI=1S/C50H55N5O10S.ClH/c1-50(2,66-33-40(51)48(61)64-31-37-19-11-5-12-20-37)44(46(58)52-29-43(56)53-42(47(59)60)28-34-15-7-3-8-16-34)55-45(57)41(54-49(62)65-32-38-21-13-6-14-22-38)27-35-23-25-39(26-24-35)63-30-36-17-9-4-10-18-36;/h3-26,40-42,44H,27-33,51H2,1-2H3,(H,52,58)(H,53,56)(H,54,62)(H,55,57)(H,59,60);1H/t40-,41-,42-,44-;/m0./s1. The number of esters is 1. The molecule has 5 aromatic rings. The number of amides is 4. The molecule has 0 radical (unpaired) electrons. The Bertz CT molecular complexity index is 2350. The SMILES string of the molecule is CC(C)(SC[C@H]([NH3+])C(=O)OCc1ccccc1)[C@@H](NC(=O)[C@H](Cc1ccc(OCc2ccccc2)cc1)NC(=O)OCc1ccccc1)C(=O)NCC(=O)N[C@@H](Cc1ccccc1)C(=O)O.[Cl-]. The van der Waals surface area contributed by atoms with Crippen LogP contribution < -0.4 is 44.1 Å². The molecule has 15 nitrogen and oxygen atoms in total. The molecule has 5 aromatic carbocycles. The van der Waals surface area contributed by atoms with E-state index >= 15 is 0 Å². The van der Waals surface area contributed by atoms with Gasteiger partial charge in [0.2, 0.25) is 17.7 Å². The Balaban J connectivity index is 0.00000980. The van der Waals surface area contributed by atoms with Gasteiger partial charge in [-0.3, -0.25) is 14.4 Å². The molecule has 0 heterocycles. The first-order chi connectivity index (χ1) is 31.8. The van der Waals surface area contributed by atoms with Crippen molar-refractivity contribution in [3.05, 3.63) is 173 Å². The first-order valence-electron chi connectivity index (χ1n) is 21.3. The van der Waals surface area contributed by atoms with E-state index in [1.807, 2.05) is 66.7 Å². The second-order valence-corrected chi connectivity index (χ2v) is 17.6. The summed E-state index contributed by atoms with van der Waals surface area (Å²) in [5, 5.41) is 20.3. The Hall–Kier alpha value is -6.88. The number of nitrogens with one attached hydrogen (secondary N) is 4. The summed E-state index contributed by atoms with van der Waals surface area (Å²) in [5.41, 5.74) is 7.81. The van der Waals surface area contributed by atoms with Crippen LogP contribution in [0.4, 0.5) is 4.79 Å². The van der Waals surface area contributed by atoms with Crippen molar-refractivity contribution in [2.75, 3.05) is 12.3 Å². The number of carbonyl (C=O) groups excluding carboxylic acids is 5. The van der Waals surface area contributed by atoms with Crippen LogP contribution in [0.25, 0.3) is 0 Å². The average molecular weight is 955 g/mol. The molecule has 0 aromatic heterocycles. The van der Waals surface area contributed by atoms with Gasteiger partial charge in [-0.25, -0.2) is 14.4 Å². The molecule has 8 N–H and O–H groups in total. The van der Waals surface area contributed by atoms with E-state index in [0.29, 0.717) is 23.5 Å². The Kier molecular flexibility index (Phi) is 21.2. The highest BCUT2D eigenvalue weighted by Crippen LogP contribution is 2.29. The second-order valence-electron chi connectivity index (χ2n) is 15.9. The molecule has 0 saturated carbocycles. The first-order valence-corrected chi connectivity index (χ1v) is 22.3. The minimum atomic E-state index is -1.38. The number of carboxylic acid groups (broad SMARTS) is 1. The molecule has 5 rings (SSSR count). The Morgan fingerprint density at radius 1 is 0.597 bits per heavy atom. The van der Waals surface area contributed by atoms with E-state index in [1.165, 1.54) is 0 Å². The molecule has 0 spiro atoms. The maximum atomic E-state index is 14.4. The second kappa shape index (κ2) is 26.9. The lowest BCUT2D eigenvalue weighted by molar-refractivity contribution is -0.401. The quantitative estimate of drug-likeness (QED) is 0.0485. The van der Waals surface area contributed by atoms with Crippen LogP contribution in [0.3, 0.4) is 0 Å². The Labute approximate surface area is 400 Å². The molecule has 0 saturated heterocycles. The van der Waals surface area contributed by atoms with Crippen molar-refractivity contribution in [3.63, 3.8) is 0 Å². The number of carboxylic acids is 1. The smallest absolute Gasteiger partial charge is 0.408 e. The number of hydrogen-bond acceptors (Lipinski definition) is 10. The van der Waals surface area contributed by atoms with Gasteiger partial charge in [-0.2, -0.15) is 0 Å². The topological polar surface area (TPSA) is 226 Å². The van der Waals surface area contributed by atoms with Crippen LogP contribution in [-0.2, 0) is 66.1 Å². The van der Waals surface area contributed by atoms with Crippen molar-refractivity contribution in [2.45, 2.75) is 75.4 Å². The summed E-state index contributed by atoms with van der Waals surface area (Å²) in [4.78, 5) is 80.0. The maximum absolute atomic E-state index is 14.4. The summed E-state index contributed by atoms with van der Waals surface area (Å²) < 4.78 is 15.7. The van der Waals surface area contributed by atoms with E-state index in [2.05, 4.69) is 27.0 Å². The number of alkyl carbamates (subject to hydrolysis) is 1. The normalized spacial score (nSPS) is 12.6. The number of benzene rings is 5. The molecule has 0 aliphatic rings. The highest BCUT2D eigenvalue weighted by Gasteiger charge is 2.40. The van der Waals surface area contributed by atoms with E-state index in [0.717, 1.165) is 28.5 Å². The Morgan fingerprint density at radius 3 is 1.61 bits per heavy atom. The summed E-state index contributed by atoms with van der Waals surface area (Å²) in [6.45, 7) is 3.05. The lowest BCUT2D eigenvalue weighted by Gasteiger charge is -2.34. The van der Waals surface area contributed by atoms with Crippen molar-refractivity contribution in [1.29, 1.82) is 0 Å². The van der Waals surface area contributed by atoms with Gasteiger partial charge in [0.25, 0.3) is 0 Å². The molecule has 0 bridgehead atoms. The van der Waals surface area contributed by atoms with Crippen LogP contribution in [0.15, 0.2) is 146 Å². The fraction of sp³-hybridized carbons (Fsp3) is 0.280. The summed E-state index contributed by atoms with van der Waals surface area (Å²) in [7, 11) is 0. The van der Waals surface area contributed by atoms with Gasteiger partial charge in [0.1, 0.15) is 43.7 Å². The van der Waals surface area contributed by atoms with Gasteiger partial charge >= 0.3 is 18.0 Å². The third kappa shape index (κ3) is 18.1. The highest BCUT2D eigenvalue weighted by molar-refractivity contribution is 8.00. The molecule has 4 atom stereocenters. The maximum Gasteiger partial charge on any atom is 0.408 e. The van der Waals surface area contributed by atoms with E-state index < -0.39 is 71.2 Å². The number of rotatable bonds is 24. The molecule has 0 aliphatic heterocycles. The fourth-order valence-corrected chi connectivity index (χ4v) is 7.59. The summed E-state index contributed by atoms with van der Waals surface area (Å²) >= 11 is 1.16. The van der Waals surface area contributed by atoms with Crippen LogP contribution in [0.5, 0.6) is 5.75 Å². The third-order valence-corrected chi connectivity index (χ3v) is 11.8. The zero-order chi connectivity index (χ0) is 47.3. The van der Waals surface area contributed by atoms with Crippen molar-refractivity contribution >= 4 is 47.5 Å². The molecular formula is C50H56ClN5O10S. The number of aliphatic carboxylic acids is 1. The lowest BCUT2D eigenvalue weighted by Crippen LogP contribution is -3.00. The van der Waals surface area contributed by atoms with E-state index in [4.69, 9.17) is 14.2 Å². The molecule has 4 amide bonds. The van der Waals surface area contributed by atoms with Crippen LogP contribution in [0.2, 0.25) is 0 Å². The largest absolute Gasteiger partial charge is 1.00 e. The number of hydrogen-bond donors (Lipinski definition) is 6. The van der Waals surface area contributed by atoms with Gasteiger partial charge in [0.15, 0.2) is 6.04 Å². The molecular weight excluding hydrogens is 898 g/mol. The van der Waals surface area contributed by atoms with Gasteiger partial charge in [0, 0.05) is 17.6 Å².